The molecule has 0 bridgehead atoms. The third kappa shape index (κ3) is 3.53. The van der Waals surface area contributed by atoms with E-state index in [0.29, 0.717) is 0 Å². The fourth-order valence-corrected chi connectivity index (χ4v) is 2.87. The summed E-state index contributed by atoms with van der Waals surface area (Å²) in [4.78, 5) is 0. The first-order valence-corrected chi connectivity index (χ1v) is 8.21. The summed E-state index contributed by atoms with van der Waals surface area (Å²) in [7, 11) is 0. The zero-order valence-corrected chi connectivity index (χ0v) is 14.4. The highest BCUT2D eigenvalue weighted by Gasteiger charge is 2.13. The molecule has 0 amide bonds. The maximum absolute atomic E-state index is 2.28. The minimum Gasteiger partial charge on any atom is -0.0614 e. The van der Waals surface area contributed by atoms with Gasteiger partial charge in [-0.1, -0.05) is 93.1 Å². The lowest BCUT2D eigenvalue weighted by Gasteiger charge is -2.19. The molecule has 0 N–H and O–H groups in total. The number of hydrogen-bond donors (Lipinski definition) is 0. The first-order valence-electron chi connectivity index (χ1n) is 8.21. The molecule has 0 saturated heterocycles. The summed E-state index contributed by atoms with van der Waals surface area (Å²) in [6, 6.07) is 26.4. The summed E-state index contributed by atoms with van der Waals surface area (Å²) in [5, 5.41) is 0. The van der Waals surface area contributed by atoms with Crippen LogP contribution in [0.1, 0.15) is 31.9 Å². The lowest BCUT2D eigenvalue weighted by molar-refractivity contribution is 0.590. The molecule has 3 aromatic carbocycles. The second kappa shape index (κ2) is 6.04. The summed E-state index contributed by atoms with van der Waals surface area (Å²) in [5.41, 5.74) is 7.95. The summed E-state index contributed by atoms with van der Waals surface area (Å²) < 4.78 is 0. The summed E-state index contributed by atoms with van der Waals surface area (Å²) in [6.07, 6.45) is 0. The lowest BCUT2D eigenvalue weighted by atomic mass is 9.86. The molecule has 0 unspecified atom stereocenters. The van der Waals surface area contributed by atoms with E-state index in [4.69, 9.17) is 0 Å². The van der Waals surface area contributed by atoms with Gasteiger partial charge in [-0.25, -0.2) is 0 Å². The summed E-state index contributed by atoms with van der Waals surface area (Å²) in [6.45, 7) is 8.89. The van der Waals surface area contributed by atoms with E-state index < -0.39 is 0 Å². The Morgan fingerprint density at radius 2 is 1.09 bits per heavy atom. The normalized spacial score (nSPS) is 11.5. The van der Waals surface area contributed by atoms with Gasteiger partial charge in [0.25, 0.3) is 0 Å². The van der Waals surface area contributed by atoms with Crippen molar-refractivity contribution in [1.82, 2.24) is 0 Å². The monoisotopic (exact) mass is 300 g/mol. The van der Waals surface area contributed by atoms with Gasteiger partial charge in [0.1, 0.15) is 0 Å². The molecular weight excluding hydrogens is 276 g/mol. The van der Waals surface area contributed by atoms with E-state index >= 15 is 0 Å². The summed E-state index contributed by atoms with van der Waals surface area (Å²) >= 11 is 0. The van der Waals surface area contributed by atoms with E-state index in [2.05, 4.69) is 100 Å². The molecule has 0 nitrogen and oxygen atoms in total. The maximum Gasteiger partial charge on any atom is -0.0132 e. The van der Waals surface area contributed by atoms with Crippen molar-refractivity contribution in [3.8, 4) is 22.3 Å². The molecule has 23 heavy (non-hydrogen) atoms. The molecule has 0 aliphatic heterocycles. The number of rotatable bonds is 2. The van der Waals surface area contributed by atoms with Crippen LogP contribution in [0.15, 0.2) is 72.8 Å². The molecule has 0 aromatic heterocycles. The Hall–Kier alpha value is -2.34. The molecule has 0 saturated carbocycles. The fraction of sp³-hybridized carbons (Fsp3) is 0.217. The van der Waals surface area contributed by atoms with Crippen LogP contribution in [0.2, 0.25) is 0 Å². The first kappa shape index (κ1) is 15.6. The van der Waals surface area contributed by atoms with Crippen LogP contribution >= 0.6 is 0 Å². The second-order valence-corrected chi connectivity index (χ2v) is 7.28. The zero-order valence-electron chi connectivity index (χ0n) is 14.4. The van der Waals surface area contributed by atoms with Crippen LogP contribution in [-0.2, 0) is 5.41 Å². The maximum atomic E-state index is 2.28. The Morgan fingerprint density at radius 3 is 1.65 bits per heavy atom. The number of hydrogen-bond acceptors (Lipinski definition) is 0. The van der Waals surface area contributed by atoms with E-state index in [0.717, 1.165) is 0 Å². The molecule has 0 spiro atoms. The van der Waals surface area contributed by atoms with Gasteiger partial charge in [-0.3, -0.25) is 0 Å². The average molecular weight is 300 g/mol. The molecule has 3 aromatic rings. The first-order chi connectivity index (χ1) is 10.9. The molecule has 0 fully saturated rings. The van der Waals surface area contributed by atoms with E-state index in [1.165, 1.54) is 33.4 Å². The second-order valence-electron chi connectivity index (χ2n) is 7.28. The van der Waals surface area contributed by atoms with Crippen LogP contribution in [0, 0.1) is 6.92 Å². The van der Waals surface area contributed by atoms with Crippen molar-refractivity contribution in [1.29, 1.82) is 0 Å². The van der Waals surface area contributed by atoms with E-state index in [1.807, 2.05) is 0 Å². The van der Waals surface area contributed by atoms with Crippen LogP contribution in [0.3, 0.4) is 0 Å². The van der Waals surface area contributed by atoms with Gasteiger partial charge in [0.05, 0.1) is 0 Å². The van der Waals surface area contributed by atoms with Crippen LogP contribution in [-0.4, -0.2) is 0 Å². The quantitative estimate of drug-likeness (QED) is 0.498. The highest BCUT2D eigenvalue weighted by Crippen LogP contribution is 2.29. The van der Waals surface area contributed by atoms with Gasteiger partial charge >= 0.3 is 0 Å². The van der Waals surface area contributed by atoms with Gasteiger partial charge in [-0.05, 0) is 46.2 Å². The van der Waals surface area contributed by atoms with E-state index in [-0.39, 0.29) is 5.41 Å². The van der Waals surface area contributed by atoms with Crippen LogP contribution < -0.4 is 0 Å². The molecule has 116 valence electrons. The molecule has 0 aliphatic carbocycles. The molecule has 0 atom stereocenters. The SMILES string of the molecule is Cc1cccc(-c2cccc(-c3ccc(C(C)(C)C)cc3)c2)c1. The van der Waals surface area contributed by atoms with Gasteiger partial charge in [-0.15, -0.1) is 0 Å². The van der Waals surface area contributed by atoms with Crippen molar-refractivity contribution in [2.45, 2.75) is 33.1 Å². The Labute approximate surface area is 139 Å². The largest absolute Gasteiger partial charge is 0.0614 e. The van der Waals surface area contributed by atoms with E-state index in [9.17, 15) is 0 Å². The molecule has 0 aliphatic rings. The predicted molar refractivity (Wildman–Crippen MR) is 101 cm³/mol. The topological polar surface area (TPSA) is 0 Å². The smallest absolute Gasteiger partial charge is 0.0132 e. The molecule has 0 heteroatoms. The molecular formula is C23H24. The minimum atomic E-state index is 0.196. The lowest BCUT2D eigenvalue weighted by Crippen LogP contribution is -2.10. The standard InChI is InChI=1S/C23H24/c1-17-7-5-8-19(15-17)21-10-6-9-20(16-21)18-11-13-22(14-12-18)23(2,3)4/h5-16H,1-4H3. The van der Waals surface area contributed by atoms with Gasteiger partial charge in [0.2, 0.25) is 0 Å². The van der Waals surface area contributed by atoms with Crippen molar-refractivity contribution in [2.24, 2.45) is 0 Å². The Bertz CT molecular complexity index is 802. The van der Waals surface area contributed by atoms with Crippen molar-refractivity contribution in [3.05, 3.63) is 83.9 Å². The van der Waals surface area contributed by atoms with Crippen LogP contribution in [0.4, 0.5) is 0 Å². The van der Waals surface area contributed by atoms with Gasteiger partial charge in [-0.2, -0.15) is 0 Å². The van der Waals surface area contributed by atoms with E-state index in [1.54, 1.807) is 0 Å². The molecule has 3 rings (SSSR count). The van der Waals surface area contributed by atoms with Crippen molar-refractivity contribution in [2.75, 3.05) is 0 Å². The van der Waals surface area contributed by atoms with Crippen LogP contribution in [0.25, 0.3) is 22.3 Å². The Kier molecular flexibility index (Phi) is 4.09. The zero-order chi connectivity index (χ0) is 16.4. The van der Waals surface area contributed by atoms with Crippen molar-refractivity contribution in [3.63, 3.8) is 0 Å². The Balaban J connectivity index is 1.97. The average Bonchev–Trinajstić information content (AvgIpc) is 2.54. The van der Waals surface area contributed by atoms with Gasteiger partial charge < -0.3 is 0 Å². The summed E-state index contributed by atoms with van der Waals surface area (Å²) in [5.74, 6) is 0. The van der Waals surface area contributed by atoms with Crippen molar-refractivity contribution >= 4 is 0 Å². The predicted octanol–water partition coefficient (Wildman–Crippen LogP) is 6.63. The van der Waals surface area contributed by atoms with Gasteiger partial charge in [0.15, 0.2) is 0 Å². The number of aryl methyl sites for hydroxylation is 1. The molecule has 0 radical (unpaired) electrons. The van der Waals surface area contributed by atoms with Crippen molar-refractivity contribution < 1.29 is 0 Å². The minimum absolute atomic E-state index is 0.196. The third-order valence-electron chi connectivity index (χ3n) is 4.30. The Morgan fingerprint density at radius 1 is 0.565 bits per heavy atom. The van der Waals surface area contributed by atoms with Crippen LogP contribution in [0.5, 0.6) is 0 Å². The highest BCUT2D eigenvalue weighted by molar-refractivity contribution is 5.73. The fourth-order valence-electron chi connectivity index (χ4n) is 2.87. The highest BCUT2D eigenvalue weighted by atomic mass is 14.2. The molecule has 0 heterocycles. The third-order valence-corrected chi connectivity index (χ3v) is 4.30. The number of benzene rings is 3. The van der Waals surface area contributed by atoms with Gasteiger partial charge in [0, 0.05) is 0 Å².